The Morgan fingerprint density at radius 3 is 2.70 bits per heavy atom. The number of benzene rings is 1. The van der Waals surface area contributed by atoms with Crippen LogP contribution in [0.25, 0.3) is 0 Å². The van der Waals surface area contributed by atoms with Gasteiger partial charge in [-0.15, -0.1) is 0 Å². The molecule has 0 aliphatic carbocycles. The maximum atomic E-state index is 13.9. The molecule has 2 N–H and O–H groups in total. The van der Waals surface area contributed by atoms with Gasteiger partial charge in [0, 0.05) is 6.42 Å². The van der Waals surface area contributed by atoms with E-state index in [4.69, 9.17) is 17.3 Å². The molecule has 0 radical (unpaired) electrons. The van der Waals surface area contributed by atoms with Gasteiger partial charge in [-0.25, -0.2) is 14.4 Å². The van der Waals surface area contributed by atoms with Crippen LogP contribution < -0.4 is 5.73 Å². The highest BCUT2D eigenvalue weighted by Gasteiger charge is 2.15. The predicted molar refractivity (Wildman–Crippen MR) is 87.5 cm³/mol. The van der Waals surface area contributed by atoms with Crippen LogP contribution in [0, 0.1) is 9.39 Å². The fraction of sp³-hybridized carbons (Fsp3) is 0.286. The van der Waals surface area contributed by atoms with Crippen molar-refractivity contribution in [1.82, 2.24) is 9.97 Å². The zero-order valence-electron chi connectivity index (χ0n) is 11.1. The van der Waals surface area contributed by atoms with E-state index in [1.807, 2.05) is 13.8 Å². The third-order valence-corrected chi connectivity index (χ3v) is 4.27. The van der Waals surface area contributed by atoms with Gasteiger partial charge in [0.15, 0.2) is 0 Å². The topological polar surface area (TPSA) is 51.8 Å². The van der Waals surface area contributed by atoms with Gasteiger partial charge in [0.1, 0.15) is 17.5 Å². The molecule has 3 nitrogen and oxygen atoms in total. The number of anilines is 1. The quantitative estimate of drug-likeness (QED) is 0.780. The van der Waals surface area contributed by atoms with Gasteiger partial charge in [-0.2, -0.15) is 0 Å². The van der Waals surface area contributed by atoms with Crippen LogP contribution in [0.2, 0.25) is 5.02 Å². The van der Waals surface area contributed by atoms with E-state index in [0.717, 1.165) is 9.26 Å². The number of halogens is 3. The first-order valence-corrected chi connectivity index (χ1v) is 7.60. The van der Waals surface area contributed by atoms with Crippen molar-refractivity contribution in [3.05, 3.63) is 49.7 Å². The molecule has 0 saturated carbocycles. The Morgan fingerprint density at radius 1 is 1.35 bits per heavy atom. The van der Waals surface area contributed by atoms with Gasteiger partial charge in [-0.05, 0) is 40.1 Å². The molecule has 0 saturated heterocycles. The first-order valence-electron chi connectivity index (χ1n) is 6.14. The SMILES string of the molecule is CC(C)c1nc(Cc2cccc(Cl)c2F)nc(N)c1I. The summed E-state index contributed by atoms with van der Waals surface area (Å²) < 4.78 is 14.8. The molecule has 0 amide bonds. The molecule has 1 aromatic heterocycles. The standard InChI is InChI=1S/C14H14ClFIN3/c1-7(2)13-12(17)14(18)20-10(19-13)6-8-4-3-5-9(15)11(8)16/h3-5,7H,6H2,1-2H3,(H2,18,19,20). The second kappa shape index (κ2) is 6.22. The molecule has 0 fully saturated rings. The fourth-order valence-corrected chi connectivity index (χ4v) is 2.91. The predicted octanol–water partition coefficient (Wildman–Crippen LogP) is 4.17. The lowest BCUT2D eigenvalue weighted by Crippen LogP contribution is -2.09. The highest BCUT2D eigenvalue weighted by molar-refractivity contribution is 14.1. The molecular formula is C14H14ClFIN3. The number of hydrogen-bond donors (Lipinski definition) is 1. The Bertz CT molecular complexity index is 647. The van der Waals surface area contributed by atoms with Crippen LogP contribution in [0.5, 0.6) is 0 Å². The van der Waals surface area contributed by atoms with Crippen LogP contribution in [0.15, 0.2) is 18.2 Å². The molecule has 1 heterocycles. The minimum absolute atomic E-state index is 0.102. The van der Waals surface area contributed by atoms with Crippen molar-refractivity contribution >= 4 is 40.0 Å². The minimum atomic E-state index is -0.430. The third-order valence-electron chi connectivity index (χ3n) is 2.88. The van der Waals surface area contributed by atoms with Crippen molar-refractivity contribution in [3.63, 3.8) is 0 Å². The van der Waals surface area contributed by atoms with Crippen LogP contribution in [-0.4, -0.2) is 9.97 Å². The average molecular weight is 406 g/mol. The van der Waals surface area contributed by atoms with Crippen molar-refractivity contribution in [1.29, 1.82) is 0 Å². The Morgan fingerprint density at radius 2 is 2.05 bits per heavy atom. The molecule has 2 aromatic rings. The number of nitrogen functional groups attached to an aromatic ring is 1. The maximum Gasteiger partial charge on any atom is 0.145 e. The van der Waals surface area contributed by atoms with E-state index in [-0.39, 0.29) is 17.4 Å². The summed E-state index contributed by atoms with van der Waals surface area (Å²) in [6, 6.07) is 4.90. The van der Waals surface area contributed by atoms with E-state index in [2.05, 4.69) is 32.6 Å². The molecule has 0 bridgehead atoms. The Hall–Kier alpha value is -0.950. The van der Waals surface area contributed by atoms with Gasteiger partial charge in [0.25, 0.3) is 0 Å². The largest absolute Gasteiger partial charge is 0.383 e. The smallest absolute Gasteiger partial charge is 0.145 e. The highest BCUT2D eigenvalue weighted by atomic mass is 127. The van der Waals surface area contributed by atoms with Gasteiger partial charge < -0.3 is 5.73 Å². The minimum Gasteiger partial charge on any atom is -0.383 e. The first-order chi connectivity index (χ1) is 9.40. The number of rotatable bonds is 3. The molecule has 0 aliphatic rings. The van der Waals surface area contributed by atoms with Gasteiger partial charge in [-0.1, -0.05) is 37.6 Å². The van der Waals surface area contributed by atoms with E-state index < -0.39 is 5.82 Å². The van der Waals surface area contributed by atoms with Crippen molar-refractivity contribution in [2.24, 2.45) is 0 Å². The Kier molecular flexibility index (Phi) is 4.80. The maximum absolute atomic E-state index is 13.9. The van der Waals surface area contributed by atoms with Gasteiger partial charge >= 0.3 is 0 Å². The fourth-order valence-electron chi connectivity index (χ4n) is 1.85. The summed E-state index contributed by atoms with van der Waals surface area (Å²) in [6.07, 6.45) is 0.271. The van der Waals surface area contributed by atoms with E-state index in [0.29, 0.717) is 17.2 Å². The van der Waals surface area contributed by atoms with Crippen molar-refractivity contribution in [2.45, 2.75) is 26.2 Å². The van der Waals surface area contributed by atoms with E-state index >= 15 is 0 Å². The first kappa shape index (κ1) is 15.4. The van der Waals surface area contributed by atoms with Gasteiger partial charge in [0.2, 0.25) is 0 Å². The molecular weight excluding hydrogens is 392 g/mol. The number of aromatic nitrogens is 2. The van der Waals surface area contributed by atoms with E-state index in [9.17, 15) is 4.39 Å². The summed E-state index contributed by atoms with van der Waals surface area (Å²) in [5.41, 5.74) is 7.25. The zero-order chi connectivity index (χ0) is 14.9. The summed E-state index contributed by atoms with van der Waals surface area (Å²) in [5.74, 6) is 0.741. The second-order valence-electron chi connectivity index (χ2n) is 4.77. The molecule has 0 spiro atoms. The van der Waals surface area contributed by atoms with Gasteiger partial charge in [0.05, 0.1) is 14.3 Å². The van der Waals surface area contributed by atoms with Crippen molar-refractivity contribution in [3.8, 4) is 0 Å². The summed E-state index contributed by atoms with van der Waals surface area (Å²) in [5, 5.41) is 0.102. The molecule has 0 unspecified atom stereocenters. The summed E-state index contributed by atoms with van der Waals surface area (Å²) in [6.45, 7) is 4.07. The average Bonchev–Trinajstić information content (AvgIpc) is 2.38. The lowest BCUT2D eigenvalue weighted by Gasteiger charge is -2.12. The number of hydrogen-bond acceptors (Lipinski definition) is 3. The van der Waals surface area contributed by atoms with Crippen LogP contribution >= 0.6 is 34.2 Å². The lowest BCUT2D eigenvalue weighted by atomic mass is 10.1. The normalized spacial score (nSPS) is 11.1. The molecule has 1 aromatic carbocycles. The molecule has 0 aliphatic heterocycles. The molecule has 2 rings (SSSR count). The molecule has 0 atom stereocenters. The zero-order valence-corrected chi connectivity index (χ0v) is 14.0. The van der Waals surface area contributed by atoms with Crippen LogP contribution in [0.4, 0.5) is 10.2 Å². The molecule has 6 heteroatoms. The van der Waals surface area contributed by atoms with Crippen molar-refractivity contribution in [2.75, 3.05) is 5.73 Å². The number of nitrogens with two attached hydrogens (primary N) is 1. The van der Waals surface area contributed by atoms with Crippen LogP contribution in [0.3, 0.4) is 0 Å². The summed E-state index contributed by atoms with van der Waals surface area (Å²) in [7, 11) is 0. The Balaban J connectivity index is 2.42. The van der Waals surface area contributed by atoms with Crippen molar-refractivity contribution < 1.29 is 4.39 Å². The van der Waals surface area contributed by atoms with E-state index in [1.165, 1.54) is 6.07 Å². The molecule has 106 valence electrons. The molecule has 20 heavy (non-hydrogen) atoms. The number of nitrogens with zero attached hydrogens (tertiary/aromatic N) is 2. The van der Waals surface area contributed by atoms with Crippen LogP contribution in [0.1, 0.15) is 36.8 Å². The van der Waals surface area contributed by atoms with Gasteiger partial charge in [-0.3, -0.25) is 0 Å². The van der Waals surface area contributed by atoms with Crippen LogP contribution in [-0.2, 0) is 6.42 Å². The highest BCUT2D eigenvalue weighted by Crippen LogP contribution is 2.25. The second-order valence-corrected chi connectivity index (χ2v) is 6.25. The summed E-state index contributed by atoms with van der Waals surface area (Å²) >= 11 is 7.91. The third kappa shape index (κ3) is 3.20. The monoisotopic (exact) mass is 405 g/mol. The lowest BCUT2D eigenvalue weighted by molar-refractivity contribution is 0.612. The van der Waals surface area contributed by atoms with E-state index in [1.54, 1.807) is 12.1 Å². The summed E-state index contributed by atoms with van der Waals surface area (Å²) in [4.78, 5) is 8.72. The Labute approximate surface area is 135 Å².